The first-order valence-corrected chi connectivity index (χ1v) is 7.55. The monoisotopic (exact) mass is 286 g/mol. The third kappa shape index (κ3) is 2.86. The van der Waals surface area contributed by atoms with Gasteiger partial charge >= 0.3 is 0 Å². The molecule has 3 rings (SSSR count). The van der Waals surface area contributed by atoms with E-state index in [0.717, 1.165) is 24.9 Å². The van der Waals surface area contributed by atoms with Gasteiger partial charge in [0.15, 0.2) is 0 Å². The minimum absolute atomic E-state index is 0.197. The molecule has 1 fully saturated rings. The molecule has 5 nitrogen and oxygen atoms in total. The van der Waals surface area contributed by atoms with Gasteiger partial charge in [0.05, 0.1) is 12.2 Å². The summed E-state index contributed by atoms with van der Waals surface area (Å²) < 4.78 is 3.89. The van der Waals surface area contributed by atoms with Gasteiger partial charge in [0.2, 0.25) is 5.91 Å². The van der Waals surface area contributed by atoms with Crippen LogP contribution in [0.3, 0.4) is 0 Å². The van der Waals surface area contributed by atoms with E-state index in [1.165, 1.54) is 0 Å². The van der Waals surface area contributed by atoms with Gasteiger partial charge in [-0.1, -0.05) is 0 Å². The molecule has 0 aliphatic carbocycles. The van der Waals surface area contributed by atoms with E-state index in [1.807, 2.05) is 48.9 Å². The Labute approximate surface area is 125 Å². The third-order valence-corrected chi connectivity index (χ3v) is 4.29. The van der Waals surface area contributed by atoms with E-state index in [0.29, 0.717) is 6.42 Å². The Morgan fingerprint density at radius 3 is 2.86 bits per heavy atom. The van der Waals surface area contributed by atoms with Crippen LogP contribution in [-0.4, -0.2) is 31.7 Å². The molecule has 0 radical (unpaired) electrons. The van der Waals surface area contributed by atoms with E-state index in [1.54, 1.807) is 4.68 Å². The van der Waals surface area contributed by atoms with Crippen LogP contribution in [0.5, 0.6) is 0 Å². The van der Waals surface area contributed by atoms with Gasteiger partial charge in [-0.25, -0.2) is 0 Å². The first kappa shape index (κ1) is 13.9. The van der Waals surface area contributed by atoms with Crippen molar-refractivity contribution in [2.45, 2.75) is 38.3 Å². The van der Waals surface area contributed by atoms with Gasteiger partial charge in [0.25, 0.3) is 0 Å². The van der Waals surface area contributed by atoms with Crippen LogP contribution in [0.1, 0.15) is 43.8 Å². The summed E-state index contributed by atoms with van der Waals surface area (Å²) in [7, 11) is 1.92. The number of amides is 1. The van der Waals surface area contributed by atoms with Crippen molar-refractivity contribution in [2.24, 2.45) is 7.05 Å². The van der Waals surface area contributed by atoms with Crippen LogP contribution in [0.25, 0.3) is 0 Å². The first-order chi connectivity index (χ1) is 10.1. The van der Waals surface area contributed by atoms with E-state index in [4.69, 9.17) is 0 Å². The minimum atomic E-state index is 0.197. The van der Waals surface area contributed by atoms with Gasteiger partial charge in [-0.15, -0.1) is 0 Å². The SMILES string of the molecule is C[C@H](CC(=O)N1CCC[C@@H]1c1cnn(C)c1)n1cccc1. The Hall–Kier alpha value is -2.04. The molecule has 1 amide bonds. The number of aryl methyl sites for hydroxylation is 1. The summed E-state index contributed by atoms with van der Waals surface area (Å²) in [5.41, 5.74) is 1.15. The summed E-state index contributed by atoms with van der Waals surface area (Å²) in [6.07, 6.45) is 10.6. The Morgan fingerprint density at radius 2 is 2.19 bits per heavy atom. The van der Waals surface area contributed by atoms with Crippen LogP contribution in [-0.2, 0) is 11.8 Å². The summed E-state index contributed by atoms with van der Waals surface area (Å²) in [5, 5.41) is 4.23. The van der Waals surface area contributed by atoms with Crippen LogP contribution in [0, 0.1) is 0 Å². The van der Waals surface area contributed by atoms with Crippen LogP contribution in [0.4, 0.5) is 0 Å². The molecule has 2 aromatic heterocycles. The zero-order chi connectivity index (χ0) is 14.8. The predicted octanol–water partition coefficient (Wildman–Crippen LogP) is 2.54. The summed E-state index contributed by atoms with van der Waals surface area (Å²) in [6.45, 7) is 2.95. The van der Waals surface area contributed by atoms with Crippen molar-refractivity contribution in [1.29, 1.82) is 0 Å². The quantitative estimate of drug-likeness (QED) is 0.867. The van der Waals surface area contributed by atoms with Gasteiger partial charge in [-0.3, -0.25) is 9.48 Å². The second-order valence-corrected chi connectivity index (χ2v) is 5.88. The van der Waals surface area contributed by atoms with Gasteiger partial charge in [-0.05, 0) is 31.9 Å². The molecule has 1 aliphatic heterocycles. The fourth-order valence-corrected chi connectivity index (χ4v) is 3.14. The maximum absolute atomic E-state index is 12.6. The van der Waals surface area contributed by atoms with Gasteiger partial charge in [0.1, 0.15) is 0 Å². The van der Waals surface area contributed by atoms with E-state index in [2.05, 4.69) is 16.6 Å². The Bertz CT molecular complexity index is 602. The molecule has 0 bridgehead atoms. The van der Waals surface area contributed by atoms with E-state index >= 15 is 0 Å². The molecule has 3 heterocycles. The number of carbonyl (C=O) groups excluding carboxylic acids is 1. The van der Waals surface area contributed by atoms with Crippen molar-refractivity contribution < 1.29 is 4.79 Å². The molecule has 112 valence electrons. The molecule has 0 N–H and O–H groups in total. The zero-order valence-electron chi connectivity index (χ0n) is 12.6. The summed E-state index contributed by atoms with van der Waals surface area (Å²) in [6, 6.07) is 4.38. The molecular weight excluding hydrogens is 264 g/mol. The highest BCUT2D eigenvalue weighted by molar-refractivity contribution is 5.77. The molecular formula is C16H22N4O. The largest absolute Gasteiger partial charge is 0.351 e. The fourth-order valence-electron chi connectivity index (χ4n) is 3.14. The lowest BCUT2D eigenvalue weighted by Crippen LogP contribution is -2.31. The van der Waals surface area contributed by atoms with Gasteiger partial charge in [0, 0.05) is 50.2 Å². The van der Waals surface area contributed by atoms with E-state index in [9.17, 15) is 4.79 Å². The summed E-state index contributed by atoms with van der Waals surface area (Å²) in [5.74, 6) is 0.238. The fraction of sp³-hybridized carbons (Fsp3) is 0.500. The lowest BCUT2D eigenvalue weighted by molar-refractivity contribution is -0.132. The molecule has 0 saturated carbocycles. The third-order valence-electron chi connectivity index (χ3n) is 4.29. The average molecular weight is 286 g/mol. The van der Waals surface area contributed by atoms with Crippen molar-refractivity contribution in [2.75, 3.05) is 6.54 Å². The molecule has 0 aromatic carbocycles. The maximum Gasteiger partial charge on any atom is 0.225 e. The normalized spacial score (nSPS) is 19.9. The first-order valence-electron chi connectivity index (χ1n) is 7.55. The number of aromatic nitrogens is 3. The van der Waals surface area contributed by atoms with Crippen LogP contribution >= 0.6 is 0 Å². The van der Waals surface area contributed by atoms with Crippen molar-refractivity contribution >= 4 is 5.91 Å². The highest BCUT2D eigenvalue weighted by Gasteiger charge is 2.31. The summed E-state index contributed by atoms with van der Waals surface area (Å²) in [4.78, 5) is 14.7. The van der Waals surface area contributed by atoms with E-state index in [-0.39, 0.29) is 18.0 Å². The van der Waals surface area contributed by atoms with Crippen molar-refractivity contribution in [3.63, 3.8) is 0 Å². The average Bonchev–Trinajstić information content (AvgIpc) is 3.19. The standard InChI is InChI=1S/C16H22N4O/c1-13(19-7-3-4-8-19)10-16(21)20-9-5-6-15(20)14-11-17-18(2)12-14/h3-4,7-8,11-13,15H,5-6,9-10H2,1-2H3/t13-,15-/m1/s1. The molecule has 1 aliphatic rings. The second kappa shape index (κ2) is 5.76. The lowest BCUT2D eigenvalue weighted by Gasteiger charge is -2.25. The van der Waals surface area contributed by atoms with Crippen LogP contribution in [0.15, 0.2) is 36.9 Å². The minimum Gasteiger partial charge on any atom is -0.351 e. The molecule has 0 unspecified atom stereocenters. The number of nitrogens with zero attached hydrogens (tertiary/aromatic N) is 4. The highest BCUT2D eigenvalue weighted by atomic mass is 16.2. The smallest absolute Gasteiger partial charge is 0.225 e. The van der Waals surface area contributed by atoms with Crippen LogP contribution in [0.2, 0.25) is 0 Å². The second-order valence-electron chi connectivity index (χ2n) is 5.88. The number of carbonyl (C=O) groups is 1. The molecule has 1 saturated heterocycles. The van der Waals surface area contributed by atoms with E-state index < -0.39 is 0 Å². The molecule has 2 atom stereocenters. The molecule has 2 aromatic rings. The predicted molar refractivity (Wildman–Crippen MR) is 80.7 cm³/mol. The Balaban J connectivity index is 1.68. The topological polar surface area (TPSA) is 43.1 Å². The number of hydrogen-bond donors (Lipinski definition) is 0. The number of hydrogen-bond acceptors (Lipinski definition) is 2. The highest BCUT2D eigenvalue weighted by Crippen LogP contribution is 2.32. The maximum atomic E-state index is 12.6. The molecule has 5 heteroatoms. The lowest BCUT2D eigenvalue weighted by atomic mass is 10.1. The number of likely N-dealkylation sites (tertiary alicyclic amines) is 1. The zero-order valence-corrected chi connectivity index (χ0v) is 12.6. The van der Waals surface area contributed by atoms with Crippen molar-refractivity contribution in [3.05, 3.63) is 42.5 Å². The molecule has 0 spiro atoms. The van der Waals surface area contributed by atoms with Crippen molar-refractivity contribution in [3.8, 4) is 0 Å². The number of rotatable bonds is 4. The van der Waals surface area contributed by atoms with Gasteiger partial charge in [-0.2, -0.15) is 5.10 Å². The molecule has 21 heavy (non-hydrogen) atoms. The summed E-state index contributed by atoms with van der Waals surface area (Å²) >= 11 is 0. The Kier molecular flexibility index (Phi) is 3.82. The van der Waals surface area contributed by atoms with Crippen LogP contribution < -0.4 is 0 Å². The Morgan fingerprint density at radius 1 is 1.43 bits per heavy atom. The van der Waals surface area contributed by atoms with Gasteiger partial charge < -0.3 is 9.47 Å². The van der Waals surface area contributed by atoms with Crippen molar-refractivity contribution in [1.82, 2.24) is 19.2 Å².